The highest BCUT2D eigenvalue weighted by Crippen LogP contribution is 2.33. The summed E-state index contributed by atoms with van der Waals surface area (Å²) in [6, 6.07) is 1.37. The zero-order chi connectivity index (χ0) is 14.8. The Morgan fingerprint density at radius 3 is 3.05 bits per heavy atom. The number of anilines is 4. The Morgan fingerprint density at radius 1 is 1.48 bits per heavy atom. The van der Waals surface area contributed by atoms with Crippen molar-refractivity contribution < 1.29 is 9.32 Å². The van der Waals surface area contributed by atoms with Gasteiger partial charge >= 0.3 is 0 Å². The van der Waals surface area contributed by atoms with Crippen molar-refractivity contribution in [3.8, 4) is 0 Å². The van der Waals surface area contributed by atoms with Crippen LogP contribution in [0.4, 0.5) is 23.1 Å². The summed E-state index contributed by atoms with van der Waals surface area (Å²) in [6.07, 6.45) is 3.78. The molecule has 110 valence electrons. The Hall–Kier alpha value is -2.64. The summed E-state index contributed by atoms with van der Waals surface area (Å²) in [4.78, 5) is 20.5. The molecule has 0 aliphatic carbocycles. The first-order chi connectivity index (χ1) is 10.2. The van der Waals surface area contributed by atoms with Crippen LogP contribution in [0.2, 0.25) is 0 Å². The van der Waals surface area contributed by atoms with Crippen molar-refractivity contribution in [3.63, 3.8) is 0 Å². The number of nitrogens with zero attached hydrogens (tertiary/aromatic N) is 3. The molecule has 2 aromatic rings. The van der Waals surface area contributed by atoms with E-state index in [9.17, 15) is 4.79 Å². The molecule has 3 heterocycles. The SMILES string of the molecule is CCC(C)C1Nc2ncnc(Nc3ccon3)c2NC1=O. The first kappa shape index (κ1) is 13.3. The minimum absolute atomic E-state index is 0.0881. The Morgan fingerprint density at radius 2 is 2.33 bits per heavy atom. The smallest absolute Gasteiger partial charge is 0.247 e. The number of amides is 1. The average molecular weight is 288 g/mol. The fourth-order valence-corrected chi connectivity index (χ4v) is 2.16. The first-order valence-electron chi connectivity index (χ1n) is 6.79. The van der Waals surface area contributed by atoms with Crippen molar-refractivity contribution in [2.75, 3.05) is 16.0 Å². The van der Waals surface area contributed by atoms with Crippen LogP contribution in [0.3, 0.4) is 0 Å². The van der Waals surface area contributed by atoms with Crippen LogP contribution in [-0.2, 0) is 4.79 Å². The summed E-state index contributed by atoms with van der Waals surface area (Å²) in [7, 11) is 0. The summed E-state index contributed by atoms with van der Waals surface area (Å²) in [5, 5.41) is 12.8. The number of hydrogen-bond donors (Lipinski definition) is 3. The van der Waals surface area contributed by atoms with Crippen LogP contribution < -0.4 is 16.0 Å². The van der Waals surface area contributed by atoms with Crippen LogP contribution in [0.25, 0.3) is 0 Å². The second-order valence-electron chi connectivity index (χ2n) is 4.95. The van der Waals surface area contributed by atoms with E-state index in [2.05, 4.69) is 31.1 Å². The zero-order valence-corrected chi connectivity index (χ0v) is 11.8. The van der Waals surface area contributed by atoms with E-state index in [0.29, 0.717) is 23.1 Å². The van der Waals surface area contributed by atoms with Crippen LogP contribution in [0, 0.1) is 5.92 Å². The molecule has 8 heteroatoms. The van der Waals surface area contributed by atoms with E-state index in [-0.39, 0.29) is 17.9 Å². The molecule has 1 aliphatic rings. The topological polar surface area (TPSA) is 105 Å². The van der Waals surface area contributed by atoms with E-state index < -0.39 is 0 Å². The number of fused-ring (bicyclic) bond motifs is 1. The van der Waals surface area contributed by atoms with Gasteiger partial charge in [0.05, 0.1) is 0 Å². The van der Waals surface area contributed by atoms with Crippen molar-refractivity contribution in [1.82, 2.24) is 15.1 Å². The maximum absolute atomic E-state index is 12.2. The highest BCUT2D eigenvalue weighted by Gasteiger charge is 2.31. The summed E-state index contributed by atoms with van der Waals surface area (Å²) >= 11 is 0. The summed E-state index contributed by atoms with van der Waals surface area (Å²) in [5.74, 6) is 1.70. The fraction of sp³-hybridized carbons (Fsp3) is 0.385. The zero-order valence-electron chi connectivity index (χ0n) is 11.8. The third-order valence-electron chi connectivity index (χ3n) is 3.57. The highest BCUT2D eigenvalue weighted by molar-refractivity contribution is 6.05. The van der Waals surface area contributed by atoms with Gasteiger partial charge in [-0.05, 0) is 5.92 Å². The highest BCUT2D eigenvalue weighted by atomic mass is 16.5. The second kappa shape index (κ2) is 5.39. The molecule has 2 atom stereocenters. The van der Waals surface area contributed by atoms with Gasteiger partial charge in [0.1, 0.15) is 24.3 Å². The van der Waals surface area contributed by atoms with Gasteiger partial charge in [0.2, 0.25) is 5.91 Å². The molecular formula is C13H16N6O2. The van der Waals surface area contributed by atoms with Crippen LogP contribution >= 0.6 is 0 Å². The van der Waals surface area contributed by atoms with Crippen molar-refractivity contribution in [2.24, 2.45) is 5.92 Å². The van der Waals surface area contributed by atoms with Gasteiger partial charge in [0.15, 0.2) is 17.5 Å². The number of hydrogen-bond acceptors (Lipinski definition) is 7. The quantitative estimate of drug-likeness (QED) is 0.790. The van der Waals surface area contributed by atoms with Crippen LogP contribution in [-0.4, -0.2) is 27.1 Å². The molecule has 21 heavy (non-hydrogen) atoms. The maximum atomic E-state index is 12.2. The monoisotopic (exact) mass is 288 g/mol. The third kappa shape index (κ3) is 2.51. The van der Waals surface area contributed by atoms with Crippen molar-refractivity contribution >= 4 is 29.0 Å². The lowest BCUT2D eigenvalue weighted by Crippen LogP contribution is -2.43. The lowest BCUT2D eigenvalue weighted by atomic mass is 9.97. The van der Waals surface area contributed by atoms with Crippen molar-refractivity contribution in [2.45, 2.75) is 26.3 Å². The minimum atomic E-state index is -0.294. The standard InChI is InChI=1S/C13H16N6O2/c1-3-7(2)9-13(20)18-10-11(14-6-15-12(10)17-9)16-8-4-5-21-19-8/h4-7,9H,3H2,1-2H3,(H,18,20)(H2,14,15,16,17,19). The summed E-state index contributed by atoms with van der Waals surface area (Å²) < 4.78 is 4.76. The van der Waals surface area contributed by atoms with E-state index in [1.54, 1.807) is 6.07 Å². The van der Waals surface area contributed by atoms with Gasteiger partial charge in [-0.1, -0.05) is 25.4 Å². The predicted octanol–water partition coefficient (Wildman–Crippen LogP) is 1.99. The van der Waals surface area contributed by atoms with Gasteiger partial charge < -0.3 is 20.5 Å². The number of carbonyl (C=O) groups excluding carboxylic acids is 1. The van der Waals surface area contributed by atoms with Gasteiger partial charge in [0.25, 0.3) is 0 Å². The Bertz CT molecular complexity index is 642. The van der Waals surface area contributed by atoms with Crippen LogP contribution in [0.5, 0.6) is 0 Å². The lowest BCUT2D eigenvalue weighted by Gasteiger charge is -2.30. The molecule has 3 N–H and O–H groups in total. The van der Waals surface area contributed by atoms with Crippen LogP contribution in [0.15, 0.2) is 23.2 Å². The molecule has 1 amide bonds. The molecule has 0 spiro atoms. The Balaban J connectivity index is 1.90. The van der Waals surface area contributed by atoms with Gasteiger partial charge in [-0.25, -0.2) is 9.97 Å². The number of rotatable bonds is 4. The number of nitrogens with one attached hydrogen (secondary N) is 3. The average Bonchev–Trinajstić information content (AvgIpc) is 2.99. The van der Waals surface area contributed by atoms with Crippen molar-refractivity contribution in [1.29, 1.82) is 0 Å². The van der Waals surface area contributed by atoms with Gasteiger partial charge in [0, 0.05) is 6.07 Å². The van der Waals surface area contributed by atoms with Crippen LogP contribution in [0.1, 0.15) is 20.3 Å². The molecule has 0 radical (unpaired) electrons. The van der Waals surface area contributed by atoms with Gasteiger partial charge in [-0.2, -0.15) is 0 Å². The molecule has 3 rings (SSSR count). The molecule has 0 fully saturated rings. The van der Waals surface area contributed by atoms with E-state index in [1.807, 2.05) is 13.8 Å². The second-order valence-corrected chi connectivity index (χ2v) is 4.95. The predicted molar refractivity (Wildman–Crippen MR) is 77.3 cm³/mol. The van der Waals surface area contributed by atoms with E-state index in [4.69, 9.17) is 4.52 Å². The Labute approximate surface area is 121 Å². The molecule has 8 nitrogen and oxygen atoms in total. The lowest BCUT2D eigenvalue weighted by molar-refractivity contribution is -0.118. The van der Waals surface area contributed by atoms with Gasteiger partial charge in [-0.15, -0.1) is 0 Å². The molecule has 0 saturated carbocycles. The van der Waals surface area contributed by atoms with Crippen molar-refractivity contribution in [3.05, 3.63) is 18.7 Å². The Kier molecular flexibility index (Phi) is 3.43. The molecule has 0 aromatic carbocycles. The summed E-state index contributed by atoms with van der Waals surface area (Å²) in [5.41, 5.74) is 0.519. The third-order valence-corrected chi connectivity index (χ3v) is 3.57. The first-order valence-corrected chi connectivity index (χ1v) is 6.79. The maximum Gasteiger partial charge on any atom is 0.247 e. The van der Waals surface area contributed by atoms with Gasteiger partial charge in [-0.3, -0.25) is 4.79 Å². The fourth-order valence-electron chi connectivity index (χ4n) is 2.16. The number of aromatic nitrogens is 3. The van der Waals surface area contributed by atoms with E-state index >= 15 is 0 Å². The molecule has 0 saturated heterocycles. The molecule has 0 bridgehead atoms. The molecular weight excluding hydrogens is 272 g/mol. The van der Waals surface area contributed by atoms with E-state index in [0.717, 1.165) is 6.42 Å². The largest absolute Gasteiger partial charge is 0.363 e. The number of carbonyl (C=O) groups is 1. The van der Waals surface area contributed by atoms with E-state index in [1.165, 1.54) is 12.6 Å². The molecule has 2 unspecified atom stereocenters. The molecule has 1 aliphatic heterocycles. The summed E-state index contributed by atoms with van der Waals surface area (Å²) in [6.45, 7) is 4.07. The minimum Gasteiger partial charge on any atom is -0.363 e. The molecule has 2 aromatic heterocycles. The normalized spacial score (nSPS) is 18.4.